The maximum absolute atomic E-state index is 12.6. The lowest BCUT2D eigenvalue weighted by Crippen LogP contribution is -2.54. The van der Waals surface area contributed by atoms with Gasteiger partial charge in [0.25, 0.3) is 0 Å². The molecule has 1 aromatic rings. The Morgan fingerprint density at radius 2 is 1.68 bits per heavy atom. The van der Waals surface area contributed by atoms with Gasteiger partial charge in [0.15, 0.2) is 0 Å². The SMILES string of the molecule is CN(CC(=O)N1CCN(C(=O)C2CCC2)CC1)S(=O)(=O)c1ccc(C#N)cc1. The molecule has 0 spiro atoms. The lowest BCUT2D eigenvalue weighted by Gasteiger charge is -2.38. The van der Waals surface area contributed by atoms with Crippen molar-refractivity contribution in [2.24, 2.45) is 5.92 Å². The van der Waals surface area contributed by atoms with Crippen molar-refractivity contribution in [3.8, 4) is 6.07 Å². The Morgan fingerprint density at radius 1 is 1.11 bits per heavy atom. The van der Waals surface area contributed by atoms with Gasteiger partial charge in [-0.15, -0.1) is 0 Å². The van der Waals surface area contributed by atoms with E-state index in [1.54, 1.807) is 4.90 Å². The third-order valence-electron chi connectivity index (χ3n) is 5.45. The minimum Gasteiger partial charge on any atom is -0.339 e. The van der Waals surface area contributed by atoms with Crippen molar-refractivity contribution in [1.29, 1.82) is 5.26 Å². The third kappa shape index (κ3) is 4.18. The number of benzene rings is 1. The zero-order valence-corrected chi connectivity index (χ0v) is 16.7. The third-order valence-corrected chi connectivity index (χ3v) is 7.27. The summed E-state index contributed by atoms with van der Waals surface area (Å²) in [5, 5.41) is 8.82. The first kappa shape index (κ1) is 20.3. The van der Waals surface area contributed by atoms with Crippen molar-refractivity contribution in [2.45, 2.75) is 24.2 Å². The van der Waals surface area contributed by atoms with Crippen molar-refractivity contribution in [2.75, 3.05) is 39.8 Å². The van der Waals surface area contributed by atoms with E-state index in [9.17, 15) is 18.0 Å². The van der Waals surface area contributed by atoms with E-state index in [1.165, 1.54) is 31.3 Å². The molecule has 2 aliphatic rings. The number of hydrogen-bond donors (Lipinski definition) is 0. The van der Waals surface area contributed by atoms with Gasteiger partial charge < -0.3 is 9.80 Å². The normalized spacial score (nSPS) is 17.9. The van der Waals surface area contributed by atoms with Gasteiger partial charge in [-0.2, -0.15) is 9.57 Å². The van der Waals surface area contributed by atoms with Crippen LogP contribution in [-0.4, -0.2) is 74.1 Å². The fourth-order valence-corrected chi connectivity index (χ4v) is 4.47. The van der Waals surface area contributed by atoms with Gasteiger partial charge in [0.05, 0.1) is 23.1 Å². The molecule has 1 aliphatic carbocycles. The van der Waals surface area contributed by atoms with Crippen LogP contribution in [0.5, 0.6) is 0 Å². The minimum absolute atomic E-state index is 0.0396. The van der Waals surface area contributed by atoms with Gasteiger partial charge in [-0.1, -0.05) is 6.42 Å². The topological polar surface area (TPSA) is 102 Å². The van der Waals surface area contributed by atoms with Crippen LogP contribution < -0.4 is 0 Å². The summed E-state index contributed by atoms with van der Waals surface area (Å²) in [4.78, 5) is 28.3. The van der Waals surface area contributed by atoms with Gasteiger partial charge in [0.1, 0.15) is 0 Å². The summed E-state index contributed by atoms with van der Waals surface area (Å²) in [5.74, 6) is 0.0419. The van der Waals surface area contributed by atoms with Crippen molar-refractivity contribution in [3.63, 3.8) is 0 Å². The summed E-state index contributed by atoms with van der Waals surface area (Å²) in [6.07, 6.45) is 3.01. The van der Waals surface area contributed by atoms with Crippen molar-refractivity contribution < 1.29 is 18.0 Å². The highest BCUT2D eigenvalue weighted by molar-refractivity contribution is 7.89. The summed E-state index contributed by atoms with van der Waals surface area (Å²) < 4.78 is 26.3. The molecule has 0 atom stereocenters. The van der Waals surface area contributed by atoms with Crippen LogP contribution in [0.3, 0.4) is 0 Å². The van der Waals surface area contributed by atoms with Crippen molar-refractivity contribution in [3.05, 3.63) is 29.8 Å². The quantitative estimate of drug-likeness (QED) is 0.717. The summed E-state index contributed by atoms with van der Waals surface area (Å²) in [5.41, 5.74) is 0.368. The smallest absolute Gasteiger partial charge is 0.243 e. The molecule has 0 N–H and O–H groups in total. The van der Waals surface area contributed by atoms with Crippen LogP contribution >= 0.6 is 0 Å². The van der Waals surface area contributed by atoms with Crippen LogP contribution in [0.4, 0.5) is 0 Å². The molecular weight excluding hydrogens is 380 g/mol. The van der Waals surface area contributed by atoms with E-state index < -0.39 is 10.0 Å². The Morgan fingerprint density at radius 3 is 2.18 bits per heavy atom. The number of hydrogen-bond acceptors (Lipinski definition) is 5. The van der Waals surface area contributed by atoms with Crippen molar-refractivity contribution in [1.82, 2.24) is 14.1 Å². The summed E-state index contributed by atoms with van der Waals surface area (Å²) in [6.45, 7) is 1.56. The molecule has 1 saturated heterocycles. The van der Waals surface area contributed by atoms with E-state index in [1.807, 2.05) is 11.0 Å². The van der Waals surface area contributed by atoms with Crippen molar-refractivity contribution >= 4 is 21.8 Å². The molecule has 3 rings (SSSR count). The number of nitrogens with zero attached hydrogens (tertiary/aromatic N) is 4. The largest absolute Gasteiger partial charge is 0.339 e. The highest BCUT2D eigenvalue weighted by atomic mass is 32.2. The fraction of sp³-hybridized carbons (Fsp3) is 0.526. The minimum atomic E-state index is -3.82. The summed E-state index contributed by atoms with van der Waals surface area (Å²) in [7, 11) is -2.45. The lowest BCUT2D eigenvalue weighted by atomic mass is 9.84. The Kier molecular flexibility index (Phi) is 6.01. The van der Waals surface area contributed by atoms with Gasteiger partial charge in [0, 0.05) is 39.1 Å². The first-order valence-electron chi connectivity index (χ1n) is 9.36. The van der Waals surface area contributed by atoms with Crippen LogP contribution in [0.15, 0.2) is 29.2 Å². The zero-order valence-electron chi connectivity index (χ0n) is 15.9. The Hall–Kier alpha value is -2.44. The second-order valence-electron chi connectivity index (χ2n) is 7.23. The van der Waals surface area contributed by atoms with E-state index in [-0.39, 0.29) is 29.2 Å². The van der Waals surface area contributed by atoms with Gasteiger partial charge in [-0.25, -0.2) is 8.42 Å². The van der Waals surface area contributed by atoms with Crippen LogP contribution in [0, 0.1) is 17.2 Å². The number of amides is 2. The summed E-state index contributed by atoms with van der Waals surface area (Å²) in [6, 6.07) is 7.52. The highest BCUT2D eigenvalue weighted by Crippen LogP contribution is 2.28. The first-order valence-corrected chi connectivity index (χ1v) is 10.8. The molecule has 8 nitrogen and oxygen atoms in total. The molecule has 0 radical (unpaired) electrons. The number of rotatable bonds is 5. The van der Waals surface area contributed by atoms with Crippen LogP contribution in [0.2, 0.25) is 0 Å². The molecule has 1 saturated carbocycles. The van der Waals surface area contributed by atoms with Gasteiger partial charge in [-0.05, 0) is 37.1 Å². The zero-order chi connectivity index (χ0) is 20.3. The van der Waals surface area contributed by atoms with Gasteiger partial charge in [-0.3, -0.25) is 9.59 Å². The molecular formula is C19H24N4O4S. The molecule has 1 aliphatic heterocycles. The monoisotopic (exact) mass is 404 g/mol. The van der Waals surface area contributed by atoms with E-state index in [2.05, 4.69) is 0 Å². The lowest BCUT2D eigenvalue weighted by molar-refractivity contribution is -0.144. The van der Waals surface area contributed by atoms with E-state index in [0.717, 1.165) is 23.6 Å². The molecule has 9 heteroatoms. The number of likely N-dealkylation sites (N-methyl/N-ethyl adjacent to an activating group) is 1. The standard InChI is InChI=1S/C19H24N4O4S/c1-21(28(26,27)17-7-5-15(13-20)6-8-17)14-18(24)22-9-11-23(12-10-22)19(25)16-3-2-4-16/h5-8,16H,2-4,9-12,14H2,1H3. The second kappa shape index (κ2) is 8.29. The molecule has 0 unspecified atom stereocenters. The predicted octanol–water partition coefficient (Wildman–Crippen LogP) is 0.650. The fourth-order valence-electron chi connectivity index (χ4n) is 3.35. The molecule has 150 valence electrons. The number of nitriles is 1. The Bertz CT molecular complexity index is 880. The molecule has 0 aromatic heterocycles. The average molecular weight is 404 g/mol. The van der Waals surface area contributed by atoms with E-state index in [0.29, 0.717) is 31.7 Å². The van der Waals surface area contributed by atoms with Crippen LogP contribution in [0.1, 0.15) is 24.8 Å². The molecule has 2 amide bonds. The maximum Gasteiger partial charge on any atom is 0.243 e. The Labute approximate surface area is 165 Å². The van der Waals surface area contributed by atoms with Gasteiger partial charge in [0.2, 0.25) is 21.8 Å². The van der Waals surface area contributed by atoms with E-state index >= 15 is 0 Å². The molecule has 2 fully saturated rings. The molecule has 28 heavy (non-hydrogen) atoms. The molecule has 0 bridgehead atoms. The Balaban J connectivity index is 1.55. The second-order valence-corrected chi connectivity index (χ2v) is 9.28. The number of carbonyl (C=O) groups excluding carboxylic acids is 2. The predicted molar refractivity (Wildman–Crippen MR) is 101 cm³/mol. The number of piperazine rings is 1. The first-order chi connectivity index (χ1) is 13.3. The number of carbonyl (C=O) groups is 2. The molecule has 1 aromatic carbocycles. The summed E-state index contributed by atoms with van der Waals surface area (Å²) >= 11 is 0. The van der Waals surface area contributed by atoms with Crippen LogP contribution in [-0.2, 0) is 19.6 Å². The average Bonchev–Trinajstić information content (AvgIpc) is 2.66. The molecule has 1 heterocycles. The van der Waals surface area contributed by atoms with E-state index in [4.69, 9.17) is 5.26 Å². The van der Waals surface area contributed by atoms with Crippen LogP contribution in [0.25, 0.3) is 0 Å². The highest BCUT2D eigenvalue weighted by Gasteiger charge is 2.33. The number of sulfonamides is 1. The maximum atomic E-state index is 12.6. The van der Waals surface area contributed by atoms with Gasteiger partial charge >= 0.3 is 0 Å².